The molecule has 1 amide bonds. The van der Waals surface area contributed by atoms with Crippen molar-refractivity contribution in [2.45, 2.75) is 18.4 Å². The number of hydrogen-bond acceptors (Lipinski definition) is 3. The second kappa shape index (κ2) is 5.33. The lowest BCUT2D eigenvalue weighted by molar-refractivity contribution is 0.0928. The molecule has 0 spiro atoms. The fourth-order valence-corrected chi connectivity index (χ4v) is 2.51. The van der Waals surface area contributed by atoms with E-state index in [0.29, 0.717) is 5.75 Å². The number of amides is 1. The summed E-state index contributed by atoms with van der Waals surface area (Å²) in [6.45, 7) is 0. The Balaban J connectivity index is 1.82. The number of nitrogens with one attached hydrogen (secondary N) is 1. The quantitative estimate of drug-likeness (QED) is 0.913. The largest absolute Gasteiger partial charge is 0.507 e. The molecule has 0 radical (unpaired) electrons. The van der Waals surface area contributed by atoms with Gasteiger partial charge in [0, 0.05) is 6.07 Å². The van der Waals surface area contributed by atoms with Crippen molar-refractivity contribution in [2.75, 3.05) is 7.11 Å². The average molecular weight is 301 g/mol. The van der Waals surface area contributed by atoms with E-state index in [-0.39, 0.29) is 23.0 Å². The van der Waals surface area contributed by atoms with Crippen molar-refractivity contribution in [3.05, 3.63) is 59.4 Å². The third-order valence-electron chi connectivity index (χ3n) is 3.93. The monoisotopic (exact) mass is 301 g/mol. The predicted octanol–water partition coefficient (Wildman–Crippen LogP) is 2.96. The van der Waals surface area contributed by atoms with E-state index in [1.54, 1.807) is 18.2 Å². The zero-order valence-electron chi connectivity index (χ0n) is 12.1. The Morgan fingerprint density at radius 3 is 2.64 bits per heavy atom. The molecular formula is C17H16FNO3. The summed E-state index contributed by atoms with van der Waals surface area (Å²) in [4.78, 5) is 12.4. The van der Waals surface area contributed by atoms with E-state index in [4.69, 9.17) is 4.74 Å². The molecule has 2 N–H and O–H groups in total. The van der Waals surface area contributed by atoms with Crippen molar-refractivity contribution in [3.8, 4) is 11.5 Å². The summed E-state index contributed by atoms with van der Waals surface area (Å²) in [5, 5.41) is 12.8. The minimum absolute atomic E-state index is 0.146. The van der Waals surface area contributed by atoms with Gasteiger partial charge in [-0.3, -0.25) is 4.79 Å². The number of rotatable bonds is 4. The summed E-state index contributed by atoms with van der Waals surface area (Å²) < 4.78 is 18.4. The van der Waals surface area contributed by atoms with Crippen LogP contribution in [0, 0.1) is 5.82 Å². The van der Waals surface area contributed by atoms with Gasteiger partial charge in [0.2, 0.25) is 0 Å². The highest BCUT2D eigenvalue weighted by molar-refractivity contribution is 5.97. The number of carbonyl (C=O) groups is 1. The highest BCUT2D eigenvalue weighted by Gasteiger charge is 2.46. The van der Waals surface area contributed by atoms with Gasteiger partial charge in [0.25, 0.3) is 5.91 Å². The molecule has 0 aliphatic heterocycles. The van der Waals surface area contributed by atoms with Crippen molar-refractivity contribution in [1.29, 1.82) is 0 Å². The van der Waals surface area contributed by atoms with Crippen LogP contribution >= 0.6 is 0 Å². The van der Waals surface area contributed by atoms with Crippen LogP contribution in [0.25, 0.3) is 0 Å². The van der Waals surface area contributed by atoms with E-state index in [1.165, 1.54) is 31.4 Å². The Bertz CT molecular complexity index is 726. The van der Waals surface area contributed by atoms with Crippen LogP contribution in [0.3, 0.4) is 0 Å². The van der Waals surface area contributed by atoms with Crippen LogP contribution in [0.2, 0.25) is 0 Å². The first-order chi connectivity index (χ1) is 10.5. The first-order valence-electron chi connectivity index (χ1n) is 7.00. The molecule has 1 saturated carbocycles. The van der Waals surface area contributed by atoms with Gasteiger partial charge in [0.05, 0.1) is 18.2 Å². The van der Waals surface area contributed by atoms with E-state index in [9.17, 15) is 14.3 Å². The first-order valence-corrected chi connectivity index (χ1v) is 7.00. The molecule has 5 heteroatoms. The van der Waals surface area contributed by atoms with E-state index in [2.05, 4.69) is 5.32 Å². The predicted molar refractivity (Wildman–Crippen MR) is 79.4 cm³/mol. The summed E-state index contributed by atoms with van der Waals surface area (Å²) >= 11 is 0. The van der Waals surface area contributed by atoms with Crippen LogP contribution in [-0.2, 0) is 5.54 Å². The third-order valence-corrected chi connectivity index (χ3v) is 3.93. The number of hydrogen-bond donors (Lipinski definition) is 2. The van der Waals surface area contributed by atoms with E-state index in [0.717, 1.165) is 18.4 Å². The van der Waals surface area contributed by atoms with Gasteiger partial charge < -0.3 is 15.2 Å². The Kier molecular flexibility index (Phi) is 3.48. The lowest BCUT2D eigenvalue weighted by Gasteiger charge is -2.18. The van der Waals surface area contributed by atoms with Gasteiger partial charge in [-0.2, -0.15) is 0 Å². The van der Waals surface area contributed by atoms with Crippen LogP contribution in [-0.4, -0.2) is 18.1 Å². The normalized spacial score (nSPS) is 15.2. The molecule has 0 heterocycles. The fourth-order valence-electron chi connectivity index (χ4n) is 2.51. The maximum Gasteiger partial charge on any atom is 0.255 e. The SMILES string of the molecule is COc1ccc(C(=O)NC2(c3cccc(F)c3)CC2)c(O)c1. The van der Waals surface area contributed by atoms with Gasteiger partial charge in [-0.1, -0.05) is 12.1 Å². The molecule has 0 bridgehead atoms. The Hall–Kier alpha value is -2.56. The Labute approximate surface area is 127 Å². The summed E-state index contributed by atoms with van der Waals surface area (Å²) in [7, 11) is 1.48. The maximum absolute atomic E-state index is 13.4. The van der Waals surface area contributed by atoms with Crippen LogP contribution in [0.4, 0.5) is 4.39 Å². The number of phenols is 1. The molecule has 0 unspecified atom stereocenters. The molecule has 3 rings (SSSR count). The molecule has 114 valence electrons. The van der Waals surface area contributed by atoms with Gasteiger partial charge in [0.15, 0.2) is 0 Å². The van der Waals surface area contributed by atoms with E-state index in [1.807, 2.05) is 0 Å². The number of ether oxygens (including phenoxy) is 1. The minimum Gasteiger partial charge on any atom is -0.507 e. The van der Waals surface area contributed by atoms with Gasteiger partial charge in [-0.05, 0) is 42.7 Å². The summed E-state index contributed by atoms with van der Waals surface area (Å²) in [6.07, 6.45) is 1.50. The van der Waals surface area contributed by atoms with E-state index >= 15 is 0 Å². The second-order valence-corrected chi connectivity index (χ2v) is 5.43. The Morgan fingerprint density at radius 1 is 1.27 bits per heavy atom. The summed E-state index contributed by atoms with van der Waals surface area (Å²) in [5.74, 6) is -0.389. The number of benzene rings is 2. The van der Waals surface area contributed by atoms with Gasteiger partial charge in [0.1, 0.15) is 17.3 Å². The van der Waals surface area contributed by atoms with Gasteiger partial charge in [-0.15, -0.1) is 0 Å². The zero-order chi connectivity index (χ0) is 15.7. The van der Waals surface area contributed by atoms with Crippen molar-refractivity contribution in [1.82, 2.24) is 5.32 Å². The smallest absolute Gasteiger partial charge is 0.255 e. The number of phenolic OH excluding ortho intramolecular Hbond substituents is 1. The van der Waals surface area contributed by atoms with Gasteiger partial charge in [-0.25, -0.2) is 4.39 Å². The van der Waals surface area contributed by atoms with E-state index < -0.39 is 5.54 Å². The summed E-state index contributed by atoms with van der Waals surface area (Å²) in [5.41, 5.74) is 0.378. The molecule has 2 aromatic carbocycles. The fraction of sp³-hybridized carbons (Fsp3) is 0.235. The zero-order valence-corrected chi connectivity index (χ0v) is 12.1. The lowest BCUT2D eigenvalue weighted by Crippen LogP contribution is -2.34. The standard InChI is InChI=1S/C17H16FNO3/c1-22-13-5-6-14(15(20)10-13)16(21)19-17(7-8-17)11-3-2-4-12(18)9-11/h2-6,9-10,20H,7-8H2,1H3,(H,19,21). The van der Waals surface area contributed by atoms with Crippen LogP contribution < -0.4 is 10.1 Å². The number of aromatic hydroxyl groups is 1. The molecule has 1 fully saturated rings. The average Bonchev–Trinajstić information content (AvgIpc) is 3.27. The van der Waals surface area contributed by atoms with Crippen LogP contribution in [0.5, 0.6) is 11.5 Å². The number of methoxy groups -OCH3 is 1. The molecule has 4 nitrogen and oxygen atoms in total. The van der Waals surface area contributed by atoms with Gasteiger partial charge >= 0.3 is 0 Å². The van der Waals surface area contributed by atoms with Crippen LogP contribution in [0.15, 0.2) is 42.5 Å². The number of halogens is 1. The molecule has 1 aliphatic carbocycles. The molecule has 22 heavy (non-hydrogen) atoms. The minimum atomic E-state index is -0.536. The topological polar surface area (TPSA) is 58.6 Å². The molecular weight excluding hydrogens is 285 g/mol. The van der Waals surface area contributed by atoms with Crippen molar-refractivity contribution >= 4 is 5.91 Å². The molecule has 2 aromatic rings. The lowest BCUT2D eigenvalue weighted by atomic mass is 10.0. The second-order valence-electron chi connectivity index (χ2n) is 5.43. The Morgan fingerprint density at radius 2 is 2.05 bits per heavy atom. The number of carbonyl (C=O) groups excluding carboxylic acids is 1. The van der Waals surface area contributed by atoms with Crippen molar-refractivity contribution in [3.63, 3.8) is 0 Å². The highest BCUT2D eigenvalue weighted by Crippen LogP contribution is 2.46. The molecule has 0 aromatic heterocycles. The maximum atomic E-state index is 13.4. The van der Waals surface area contributed by atoms with Crippen LogP contribution in [0.1, 0.15) is 28.8 Å². The first kappa shape index (κ1) is 14.4. The van der Waals surface area contributed by atoms with Crippen molar-refractivity contribution < 1.29 is 19.0 Å². The summed E-state index contributed by atoms with van der Waals surface area (Å²) in [6, 6.07) is 10.7. The van der Waals surface area contributed by atoms with Crippen molar-refractivity contribution in [2.24, 2.45) is 0 Å². The highest BCUT2D eigenvalue weighted by atomic mass is 19.1. The molecule has 0 atom stereocenters. The molecule has 0 saturated heterocycles. The molecule has 1 aliphatic rings. The third kappa shape index (κ3) is 2.62.